The van der Waals surface area contributed by atoms with Gasteiger partial charge in [-0.15, -0.1) is 0 Å². The van der Waals surface area contributed by atoms with Crippen LogP contribution in [0.3, 0.4) is 0 Å². The molecule has 0 bridgehead atoms. The van der Waals surface area contributed by atoms with Gasteiger partial charge in [0.15, 0.2) is 18.1 Å². The first kappa shape index (κ1) is 26.3. The quantitative estimate of drug-likeness (QED) is 0.279. The smallest absolute Gasteiger partial charge is 0.266 e. The van der Waals surface area contributed by atoms with E-state index < -0.39 is 5.91 Å². The fourth-order valence-electron chi connectivity index (χ4n) is 3.39. The molecular formula is C28H26ClN3O4. The maximum atomic E-state index is 12.7. The summed E-state index contributed by atoms with van der Waals surface area (Å²) in [6.45, 7) is 5.66. The molecule has 3 aromatic rings. The molecule has 0 atom stereocenters. The van der Waals surface area contributed by atoms with Gasteiger partial charge in [0.1, 0.15) is 11.6 Å². The number of nitrogens with zero attached hydrogens (tertiary/aromatic N) is 1. The number of hydrogen-bond acceptors (Lipinski definition) is 5. The summed E-state index contributed by atoms with van der Waals surface area (Å²) in [6, 6.07) is 19.7. The summed E-state index contributed by atoms with van der Waals surface area (Å²) in [5.74, 6) is -0.428. The van der Waals surface area contributed by atoms with E-state index in [1.807, 2.05) is 50.2 Å². The number of nitrogens with one attached hydrogen (secondary N) is 2. The van der Waals surface area contributed by atoms with Crippen LogP contribution in [0.1, 0.15) is 23.6 Å². The first-order valence-corrected chi connectivity index (χ1v) is 11.6. The molecule has 3 rings (SSSR count). The summed E-state index contributed by atoms with van der Waals surface area (Å²) in [4.78, 5) is 25.0. The Hall–Kier alpha value is -4.28. The normalized spacial score (nSPS) is 10.8. The summed E-state index contributed by atoms with van der Waals surface area (Å²) in [7, 11) is 0. The van der Waals surface area contributed by atoms with Crippen LogP contribution in [-0.2, 0) is 9.59 Å². The molecule has 0 aliphatic carbocycles. The Morgan fingerprint density at radius 2 is 1.78 bits per heavy atom. The number of benzene rings is 3. The molecule has 0 aliphatic rings. The molecule has 0 fully saturated rings. The van der Waals surface area contributed by atoms with E-state index in [9.17, 15) is 14.9 Å². The van der Waals surface area contributed by atoms with Gasteiger partial charge in [-0.2, -0.15) is 5.26 Å². The average molecular weight is 504 g/mol. The molecule has 0 unspecified atom stereocenters. The van der Waals surface area contributed by atoms with Crippen molar-refractivity contribution in [2.45, 2.75) is 20.8 Å². The number of nitriles is 1. The second kappa shape index (κ2) is 12.4. The zero-order chi connectivity index (χ0) is 26.1. The minimum atomic E-state index is -0.545. The van der Waals surface area contributed by atoms with Crippen LogP contribution in [0.2, 0.25) is 5.02 Å². The van der Waals surface area contributed by atoms with Gasteiger partial charge >= 0.3 is 0 Å². The van der Waals surface area contributed by atoms with Crippen LogP contribution in [0, 0.1) is 25.2 Å². The number of amides is 2. The molecule has 7 nitrogen and oxygen atoms in total. The van der Waals surface area contributed by atoms with Gasteiger partial charge in [-0.05, 0) is 68.3 Å². The molecule has 3 aromatic carbocycles. The van der Waals surface area contributed by atoms with Crippen LogP contribution in [0.5, 0.6) is 11.5 Å². The van der Waals surface area contributed by atoms with E-state index in [0.717, 1.165) is 11.1 Å². The molecule has 8 heteroatoms. The maximum Gasteiger partial charge on any atom is 0.266 e. The van der Waals surface area contributed by atoms with Gasteiger partial charge in [-0.25, -0.2) is 0 Å². The van der Waals surface area contributed by atoms with E-state index in [1.165, 1.54) is 12.1 Å². The van der Waals surface area contributed by atoms with Crippen LogP contribution in [0.15, 0.2) is 66.2 Å². The summed E-state index contributed by atoms with van der Waals surface area (Å²) in [5.41, 5.74) is 3.59. The topological polar surface area (TPSA) is 100 Å². The maximum absolute atomic E-state index is 12.7. The van der Waals surface area contributed by atoms with Crippen LogP contribution < -0.4 is 20.1 Å². The van der Waals surface area contributed by atoms with Gasteiger partial charge in [-0.1, -0.05) is 47.5 Å². The van der Waals surface area contributed by atoms with Gasteiger partial charge in [0.05, 0.1) is 11.6 Å². The first-order valence-electron chi connectivity index (χ1n) is 11.2. The number of halogens is 1. The third kappa shape index (κ3) is 7.11. The van der Waals surface area contributed by atoms with Crippen LogP contribution in [0.4, 0.5) is 11.4 Å². The molecule has 0 radical (unpaired) electrons. The number of aryl methyl sites for hydroxylation is 2. The minimum absolute atomic E-state index is 0.107. The van der Waals surface area contributed by atoms with E-state index in [2.05, 4.69) is 10.6 Å². The molecule has 2 N–H and O–H groups in total. The minimum Gasteiger partial charge on any atom is -0.490 e. The molecule has 0 saturated carbocycles. The van der Waals surface area contributed by atoms with Crippen molar-refractivity contribution in [2.24, 2.45) is 0 Å². The lowest BCUT2D eigenvalue weighted by molar-refractivity contribution is -0.118. The molecule has 0 heterocycles. The highest BCUT2D eigenvalue weighted by molar-refractivity contribution is 6.32. The number of ether oxygens (including phenoxy) is 2. The Labute approximate surface area is 215 Å². The van der Waals surface area contributed by atoms with Gasteiger partial charge in [-0.3, -0.25) is 9.59 Å². The summed E-state index contributed by atoms with van der Waals surface area (Å²) >= 11 is 6.44. The van der Waals surface area contributed by atoms with Crippen LogP contribution in [0.25, 0.3) is 6.08 Å². The van der Waals surface area contributed by atoms with Gasteiger partial charge in [0.25, 0.3) is 11.8 Å². The third-order valence-electron chi connectivity index (χ3n) is 5.04. The number of anilines is 2. The van der Waals surface area contributed by atoms with Crippen molar-refractivity contribution in [1.29, 1.82) is 5.26 Å². The number of carbonyl (C=O) groups is 2. The monoisotopic (exact) mass is 503 g/mol. The molecular weight excluding hydrogens is 478 g/mol. The highest BCUT2D eigenvalue weighted by atomic mass is 35.5. The zero-order valence-electron chi connectivity index (χ0n) is 20.2. The lowest BCUT2D eigenvalue weighted by Crippen LogP contribution is -2.20. The van der Waals surface area contributed by atoms with Crippen LogP contribution >= 0.6 is 11.6 Å². The van der Waals surface area contributed by atoms with Crippen molar-refractivity contribution in [3.05, 3.63) is 87.9 Å². The highest BCUT2D eigenvalue weighted by Crippen LogP contribution is 2.37. The summed E-state index contributed by atoms with van der Waals surface area (Å²) < 4.78 is 11.3. The van der Waals surface area contributed by atoms with Crippen molar-refractivity contribution in [3.8, 4) is 17.6 Å². The molecule has 0 aromatic heterocycles. The van der Waals surface area contributed by atoms with E-state index in [1.54, 1.807) is 31.2 Å². The lowest BCUT2D eigenvalue weighted by atomic mass is 10.1. The van der Waals surface area contributed by atoms with E-state index in [-0.39, 0.29) is 34.6 Å². The standard InChI is InChI=1S/C28H26ClN3O4/c1-4-35-25-15-20(13-21(16-30)28(34)32-24-11-10-18(2)12-19(24)3)14-23(29)27(25)36-17-26(33)31-22-8-6-5-7-9-22/h5-15H,4,17H2,1-3H3,(H,31,33)(H,32,34)/b21-13+. The van der Waals surface area contributed by atoms with Gasteiger partial charge in [0.2, 0.25) is 0 Å². The third-order valence-corrected chi connectivity index (χ3v) is 5.32. The lowest BCUT2D eigenvalue weighted by Gasteiger charge is -2.15. The fourth-order valence-corrected chi connectivity index (χ4v) is 3.66. The van der Waals surface area contributed by atoms with Gasteiger partial charge in [0, 0.05) is 11.4 Å². The van der Waals surface area contributed by atoms with E-state index >= 15 is 0 Å². The van der Waals surface area contributed by atoms with Gasteiger partial charge < -0.3 is 20.1 Å². The number of hydrogen-bond donors (Lipinski definition) is 2. The molecule has 36 heavy (non-hydrogen) atoms. The van der Waals surface area contributed by atoms with Crippen molar-refractivity contribution in [3.63, 3.8) is 0 Å². The molecule has 0 spiro atoms. The zero-order valence-corrected chi connectivity index (χ0v) is 21.0. The Morgan fingerprint density at radius 1 is 1.03 bits per heavy atom. The second-order valence-electron chi connectivity index (χ2n) is 7.91. The predicted molar refractivity (Wildman–Crippen MR) is 141 cm³/mol. The SMILES string of the molecule is CCOc1cc(/C=C(\C#N)C(=O)Nc2ccc(C)cc2C)cc(Cl)c1OCC(=O)Nc1ccccc1. The Bertz CT molecular complexity index is 1330. The van der Waals surface area contributed by atoms with Crippen molar-refractivity contribution in [1.82, 2.24) is 0 Å². The fraction of sp³-hybridized carbons (Fsp3) is 0.179. The average Bonchev–Trinajstić information content (AvgIpc) is 2.84. The highest BCUT2D eigenvalue weighted by Gasteiger charge is 2.16. The predicted octanol–water partition coefficient (Wildman–Crippen LogP) is 5.92. The number of carbonyl (C=O) groups excluding carboxylic acids is 2. The van der Waals surface area contributed by atoms with Crippen molar-refractivity contribution in [2.75, 3.05) is 23.8 Å². The van der Waals surface area contributed by atoms with Crippen molar-refractivity contribution < 1.29 is 19.1 Å². The molecule has 2 amide bonds. The van der Waals surface area contributed by atoms with Crippen molar-refractivity contribution >= 4 is 40.9 Å². The van der Waals surface area contributed by atoms with E-state index in [0.29, 0.717) is 23.5 Å². The first-order chi connectivity index (χ1) is 17.3. The summed E-state index contributed by atoms with van der Waals surface area (Å²) in [6.07, 6.45) is 1.42. The molecule has 0 aliphatic heterocycles. The largest absolute Gasteiger partial charge is 0.490 e. The molecule has 184 valence electrons. The Balaban J connectivity index is 1.78. The molecule has 0 saturated heterocycles. The Morgan fingerprint density at radius 3 is 2.44 bits per heavy atom. The number of rotatable bonds is 9. The second-order valence-corrected chi connectivity index (χ2v) is 8.32. The summed E-state index contributed by atoms with van der Waals surface area (Å²) in [5, 5.41) is 15.3. The van der Waals surface area contributed by atoms with E-state index in [4.69, 9.17) is 21.1 Å². The Kier molecular flexibility index (Phi) is 9.09. The van der Waals surface area contributed by atoms with Crippen LogP contribution in [-0.4, -0.2) is 25.0 Å². The number of para-hydroxylation sites is 1.